The molecule has 0 saturated carbocycles. The summed E-state index contributed by atoms with van der Waals surface area (Å²) in [6.45, 7) is 4.97. The van der Waals surface area contributed by atoms with E-state index >= 15 is 0 Å². The number of benzene rings is 1. The van der Waals surface area contributed by atoms with Crippen molar-refractivity contribution in [2.24, 2.45) is 0 Å². The lowest BCUT2D eigenvalue weighted by atomic mass is 10.0. The van der Waals surface area contributed by atoms with Gasteiger partial charge in [-0.25, -0.2) is 0 Å². The fourth-order valence-corrected chi connectivity index (χ4v) is 2.53. The Bertz CT molecular complexity index is 415. The third-order valence-electron chi connectivity index (χ3n) is 3.22. The first-order chi connectivity index (χ1) is 9.69. The number of ether oxygens (including phenoxy) is 1. The third kappa shape index (κ3) is 6.08. The Morgan fingerprint density at radius 1 is 1.10 bits per heavy atom. The first-order valence-electron chi connectivity index (χ1n) is 7.64. The molecule has 3 heteroatoms. The summed E-state index contributed by atoms with van der Waals surface area (Å²) in [6, 6.07) is 5.62. The first kappa shape index (κ1) is 17.2. The van der Waals surface area contributed by atoms with Gasteiger partial charge in [0, 0.05) is 12.0 Å². The first-order valence-corrected chi connectivity index (χ1v) is 8.43. The lowest BCUT2D eigenvalue weighted by Crippen LogP contribution is -2.01. The van der Waals surface area contributed by atoms with E-state index in [-0.39, 0.29) is 5.78 Å². The lowest BCUT2D eigenvalue weighted by molar-refractivity contribution is 0.0979. The number of halogens is 1. The van der Waals surface area contributed by atoms with Crippen molar-refractivity contribution in [3.8, 4) is 5.75 Å². The Morgan fingerprint density at radius 2 is 1.85 bits per heavy atom. The third-order valence-corrected chi connectivity index (χ3v) is 3.84. The zero-order chi connectivity index (χ0) is 14.8. The van der Waals surface area contributed by atoms with Gasteiger partial charge in [0.05, 0.1) is 11.1 Å². The molecule has 20 heavy (non-hydrogen) atoms. The number of unbranched alkanes of at least 4 members (excludes halogenated alkanes) is 4. The molecule has 0 aliphatic carbocycles. The molecule has 1 rings (SSSR count). The van der Waals surface area contributed by atoms with Gasteiger partial charge in [0.1, 0.15) is 5.75 Å². The number of Topliss-reactive ketones (excluding diaryl/α,β-unsaturated/α-hetero) is 1. The average Bonchev–Trinajstić information content (AvgIpc) is 2.45. The van der Waals surface area contributed by atoms with Crippen molar-refractivity contribution in [2.75, 3.05) is 6.61 Å². The molecule has 0 aliphatic heterocycles. The minimum Gasteiger partial charge on any atom is -0.492 e. The SMILES string of the molecule is CCCCCCCC(=O)c1ccc(OCCC)c(Br)c1. The second kappa shape index (κ2) is 9.98. The van der Waals surface area contributed by atoms with Gasteiger partial charge >= 0.3 is 0 Å². The molecule has 0 N–H and O–H groups in total. The van der Waals surface area contributed by atoms with Crippen molar-refractivity contribution in [2.45, 2.75) is 58.8 Å². The van der Waals surface area contributed by atoms with Crippen LogP contribution >= 0.6 is 15.9 Å². The Labute approximate surface area is 131 Å². The molecule has 0 bridgehead atoms. The van der Waals surface area contributed by atoms with Crippen molar-refractivity contribution in [3.63, 3.8) is 0 Å². The molecular weight excluding hydrogens is 316 g/mol. The molecule has 0 aromatic heterocycles. The van der Waals surface area contributed by atoms with Gasteiger partial charge in [-0.15, -0.1) is 0 Å². The Balaban J connectivity index is 2.46. The highest BCUT2D eigenvalue weighted by molar-refractivity contribution is 9.10. The smallest absolute Gasteiger partial charge is 0.162 e. The minimum absolute atomic E-state index is 0.226. The second-order valence-electron chi connectivity index (χ2n) is 5.08. The maximum absolute atomic E-state index is 12.1. The highest BCUT2D eigenvalue weighted by Gasteiger charge is 2.09. The summed E-state index contributed by atoms with van der Waals surface area (Å²) < 4.78 is 6.45. The predicted molar refractivity (Wildman–Crippen MR) is 87.6 cm³/mol. The van der Waals surface area contributed by atoms with E-state index in [0.29, 0.717) is 13.0 Å². The lowest BCUT2D eigenvalue weighted by Gasteiger charge is -2.08. The summed E-state index contributed by atoms with van der Waals surface area (Å²) >= 11 is 3.47. The number of hydrogen-bond donors (Lipinski definition) is 0. The second-order valence-corrected chi connectivity index (χ2v) is 5.94. The highest BCUT2D eigenvalue weighted by atomic mass is 79.9. The van der Waals surface area contributed by atoms with Gasteiger partial charge in [0.2, 0.25) is 0 Å². The van der Waals surface area contributed by atoms with Crippen LogP contribution in [0.4, 0.5) is 0 Å². The monoisotopic (exact) mass is 340 g/mol. The van der Waals surface area contributed by atoms with Crippen LogP contribution in [0.25, 0.3) is 0 Å². The molecule has 112 valence electrons. The van der Waals surface area contributed by atoms with Crippen LogP contribution < -0.4 is 4.74 Å². The van der Waals surface area contributed by atoms with Crippen LogP contribution in [-0.2, 0) is 0 Å². The Hall–Kier alpha value is -0.830. The van der Waals surface area contributed by atoms with Crippen molar-refractivity contribution in [3.05, 3.63) is 28.2 Å². The van der Waals surface area contributed by atoms with Crippen LogP contribution in [-0.4, -0.2) is 12.4 Å². The molecule has 0 saturated heterocycles. The fraction of sp³-hybridized carbons (Fsp3) is 0.588. The van der Waals surface area contributed by atoms with Crippen molar-refractivity contribution in [1.82, 2.24) is 0 Å². The van der Waals surface area contributed by atoms with E-state index in [1.54, 1.807) is 0 Å². The Kier molecular flexibility index (Phi) is 8.59. The normalized spacial score (nSPS) is 10.6. The predicted octanol–water partition coefficient (Wildman–Crippen LogP) is 5.78. The topological polar surface area (TPSA) is 26.3 Å². The van der Waals surface area contributed by atoms with Gasteiger partial charge in [0.25, 0.3) is 0 Å². The molecule has 0 unspecified atom stereocenters. The van der Waals surface area contributed by atoms with Crippen LogP contribution in [0, 0.1) is 0 Å². The fourth-order valence-electron chi connectivity index (χ4n) is 2.04. The van der Waals surface area contributed by atoms with Crippen molar-refractivity contribution < 1.29 is 9.53 Å². The standard InChI is InChI=1S/C17H25BrO2/c1-3-5-6-7-8-9-16(19)14-10-11-17(15(18)13-14)20-12-4-2/h10-11,13H,3-9,12H2,1-2H3. The Morgan fingerprint density at radius 3 is 2.50 bits per heavy atom. The van der Waals surface area contributed by atoms with Gasteiger partial charge in [-0.2, -0.15) is 0 Å². The van der Waals surface area contributed by atoms with Gasteiger partial charge in [-0.05, 0) is 47.0 Å². The summed E-state index contributed by atoms with van der Waals surface area (Å²) in [5.41, 5.74) is 0.774. The van der Waals surface area contributed by atoms with E-state index in [9.17, 15) is 4.79 Å². The molecule has 0 spiro atoms. The van der Waals surface area contributed by atoms with Crippen LogP contribution in [0.5, 0.6) is 5.75 Å². The molecule has 0 amide bonds. The van der Waals surface area contributed by atoms with Crippen LogP contribution in [0.15, 0.2) is 22.7 Å². The van der Waals surface area contributed by atoms with E-state index in [4.69, 9.17) is 4.74 Å². The molecule has 0 radical (unpaired) electrons. The van der Waals surface area contributed by atoms with E-state index < -0.39 is 0 Å². The molecular formula is C17H25BrO2. The van der Waals surface area contributed by atoms with Gasteiger partial charge in [0.15, 0.2) is 5.78 Å². The van der Waals surface area contributed by atoms with Gasteiger partial charge < -0.3 is 4.74 Å². The summed E-state index contributed by atoms with van der Waals surface area (Å²) in [5.74, 6) is 1.04. The van der Waals surface area contributed by atoms with E-state index in [1.165, 1.54) is 19.3 Å². The van der Waals surface area contributed by atoms with Gasteiger partial charge in [-0.3, -0.25) is 4.79 Å². The minimum atomic E-state index is 0.226. The zero-order valence-corrected chi connectivity index (χ0v) is 14.2. The summed E-state index contributed by atoms with van der Waals surface area (Å²) in [4.78, 5) is 12.1. The summed E-state index contributed by atoms with van der Waals surface area (Å²) in [5, 5.41) is 0. The number of hydrogen-bond acceptors (Lipinski definition) is 2. The number of rotatable bonds is 10. The van der Waals surface area contributed by atoms with E-state index in [2.05, 4.69) is 29.8 Å². The number of carbonyl (C=O) groups excluding carboxylic acids is 1. The maximum Gasteiger partial charge on any atom is 0.162 e. The number of carbonyl (C=O) groups is 1. The largest absolute Gasteiger partial charge is 0.492 e. The maximum atomic E-state index is 12.1. The average molecular weight is 341 g/mol. The van der Waals surface area contributed by atoms with Crippen LogP contribution in [0.2, 0.25) is 0 Å². The van der Waals surface area contributed by atoms with Gasteiger partial charge in [-0.1, -0.05) is 39.5 Å². The summed E-state index contributed by atoms with van der Waals surface area (Å²) in [7, 11) is 0. The quantitative estimate of drug-likeness (QED) is 0.398. The van der Waals surface area contributed by atoms with Crippen molar-refractivity contribution >= 4 is 21.7 Å². The molecule has 0 aliphatic rings. The summed E-state index contributed by atoms with van der Waals surface area (Å²) in [6.07, 6.45) is 7.50. The van der Waals surface area contributed by atoms with Crippen LogP contribution in [0.3, 0.4) is 0 Å². The highest BCUT2D eigenvalue weighted by Crippen LogP contribution is 2.27. The molecule has 0 atom stereocenters. The molecule has 0 fully saturated rings. The number of ketones is 1. The van der Waals surface area contributed by atoms with E-state index in [0.717, 1.165) is 35.0 Å². The molecule has 2 nitrogen and oxygen atoms in total. The molecule has 1 aromatic carbocycles. The van der Waals surface area contributed by atoms with E-state index in [1.807, 2.05) is 18.2 Å². The zero-order valence-electron chi connectivity index (χ0n) is 12.6. The molecule has 1 aromatic rings. The molecule has 0 heterocycles. The van der Waals surface area contributed by atoms with Crippen LogP contribution in [0.1, 0.15) is 69.2 Å². The van der Waals surface area contributed by atoms with Crippen molar-refractivity contribution in [1.29, 1.82) is 0 Å².